The fraction of sp³-hybridized carbons (Fsp3) is 0.333. The lowest BCUT2D eigenvalue weighted by atomic mass is 10.2. The number of rotatable bonds is 3. The molecule has 1 aliphatic rings. The third kappa shape index (κ3) is 3.15. The monoisotopic (exact) mass is 252 g/mol. The van der Waals surface area contributed by atoms with E-state index in [2.05, 4.69) is 0 Å². The van der Waals surface area contributed by atoms with E-state index >= 15 is 0 Å². The first-order valence-corrected chi connectivity index (χ1v) is 7.07. The minimum absolute atomic E-state index is 0.0325. The smallest absolute Gasteiger partial charge is 0.236 e. The molecule has 0 aliphatic carbocycles. The lowest BCUT2D eigenvalue weighted by molar-refractivity contribution is 0.481. The van der Waals surface area contributed by atoms with Crippen LogP contribution in [0, 0.1) is 0 Å². The third-order valence-corrected chi connectivity index (χ3v) is 4.31. The number of hydrogen-bond donors (Lipinski definition) is 1. The molecular formula is C12H16N2O2S. The zero-order chi connectivity index (χ0) is 12.3. The summed E-state index contributed by atoms with van der Waals surface area (Å²) >= 11 is 0. The Hall–Kier alpha value is -1.17. The lowest BCUT2D eigenvalue weighted by Gasteiger charge is -2.12. The second kappa shape index (κ2) is 5.00. The molecule has 92 valence electrons. The van der Waals surface area contributed by atoms with Gasteiger partial charge in [-0.1, -0.05) is 30.3 Å². The summed E-state index contributed by atoms with van der Waals surface area (Å²) in [7, 11) is -3.32. The van der Waals surface area contributed by atoms with Gasteiger partial charge in [0.15, 0.2) is 0 Å². The van der Waals surface area contributed by atoms with E-state index < -0.39 is 10.0 Å². The SMILES string of the molecule is NC1CCN(S(=O)(=O)/C=C/c2ccccc2)C1. The van der Waals surface area contributed by atoms with Gasteiger partial charge in [-0.25, -0.2) is 8.42 Å². The molecule has 4 nitrogen and oxygen atoms in total. The Balaban J connectivity index is 2.10. The zero-order valence-corrected chi connectivity index (χ0v) is 10.3. The maximum atomic E-state index is 11.9. The average molecular weight is 252 g/mol. The molecule has 1 atom stereocenters. The van der Waals surface area contributed by atoms with Crippen LogP contribution in [-0.2, 0) is 10.0 Å². The van der Waals surface area contributed by atoms with Gasteiger partial charge < -0.3 is 5.73 Å². The number of nitrogens with zero attached hydrogens (tertiary/aromatic N) is 1. The lowest BCUT2D eigenvalue weighted by Crippen LogP contribution is -2.30. The first kappa shape index (κ1) is 12.3. The van der Waals surface area contributed by atoms with Gasteiger partial charge >= 0.3 is 0 Å². The van der Waals surface area contributed by atoms with E-state index in [0.717, 1.165) is 12.0 Å². The molecule has 1 saturated heterocycles. The number of hydrogen-bond acceptors (Lipinski definition) is 3. The Morgan fingerprint density at radius 2 is 2.00 bits per heavy atom. The quantitative estimate of drug-likeness (QED) is 0.873. The van der Waals surface area contributed by atoms with E-state index in [1.807, 2.05) is 30.3 Å². The number of sulfonamides is 1. The van der Waals surface area contributed by atoms with Crippen LogP contribution < -0.4 is 5.73 Å². The van der Waals surface area contributed by atoms with Crippen LogP contribution in [0.1, 0.15) is 12.0 Å². The summed E-state index contributed by atoms with van der Waals surface area (Å²) in [4.78, 5) is 0. The Labute approximate surface area is 102 Å². The maximum Gasteiger partial charge on any atom is 0.236 e. The molecule has 0 saturated carbocycles. The van der Waals surface area contributed by atoms with Gasteiger partial charge in [0.1, 0.15) is 0 Å². The summed E-state index contributed by atoms with van der Waals surface area (Å²) in [5.74, 6) is 0. The van der Waals surface area contributed by atoms with Crippen LogP contribution in [0.4, 0.5) is 0 Å². The second-order valence-corrected chi connectivity index (χ2v) is 5.98. The van der Waals surface area contributed by atoms with E-state index in [0.29, 0.717) is 13.1 Å². The van der Waals surface area contributed by atoms with Crippen molar-refractivity contribution in [1.29, 1.82) is 0 Å². The predicted octanol–water partition coefficient (Wildman–Crippen LogP) is 1.02. The van der Waals surface area contributed by atoms with Gasteiger partial charge in [0.25, 0.3) is 0 Å². The fourth-order valence-corrected chi connectivity index (χ4v) is 3.06. The minimum atomic E-state index is -3.32. The van der Waals surface area contributed by atoms with Crippen LogP contribution in [0.5, 0.6) is 0 Å². The maximum absolute atomic E-state index is 11.9. The van der Waals surface area contributed by atoms with Gasteiger partial charge in [0.05, 0.1) is 0 Å². The summed E-state index contributed by atoms with van der Waals surface area (Å²) < 4.78 is 25.3. The Bertz CT molecular complexity index is 496. The third-order valence-electron chi connectivity index (χ3n) is 2.78. The van der Waals surface area contributed by atoms with Crippen molar-refractivity contribution in [3.63, 3.8) is 0 Å². The molecule has 1 aliphatic heterocycles. The van der Waals surface area contributed by atoms with Gasteiger partial charge in [0, 0.05) is 24.5 Å². The van der Waals surface area contributed by atoms with Crippen LogP contribution in [0.25, 0.3) is 6.08 Å². The number of benzene rings is 1. The van der Waals surface area contributed by atoms with Crippen LogP contribution in [0.15, 0.2) is 35.7 Å². The van der Waals surface area contributed by atoms with Crippen LogP contribution in [-0.4, -0.2) is 31.9 Å². The summed E-state index contributed by atoms with van der Waals surface area (Å²) in [5, 5.41) is 1.25. The molecule has 0 spiro atoms. The normalized spacial score (nSPS) is 22.3. The Morgan fingerprint density at radius 1 is 1.29 bits per heavy atom. The van der Waals surface area contributed by atoms with E-state index in [4.69, 9.17) is 5.73 Å². The first-order chi connectivity index (χ1) is 8.08. The summed E-state index contributed by atoms with van der Waals surface area (Å²) in [6.45, 7) is 0.935. The fourth-order valence-electron chi connectivity index (χ4n) is 1.80. The van der Waals surface area contributed by atoms with E-state index in [9.17, 15) is 8.42 Å². The largest absolute Gasteiger partial charge is 0.326 e. The van der Waals surface area contributed by atoms with Gasteiger partial charge in [-0.15, -0.1) is 0 Å². The van der Waals surface area contributed by atoms with Crippen LogP contribution >= 0.6 is 0 Å². The Kier molecular flexibility index (Phi) is 3.61. The van der Waals surface area contributed by atoms with Gasteiger partial charge in [-0.2, -0.15) is 4.31 Å². The number of nitrogens with two attached hydrogens (primary N) is 1. The van der Waals surface area contributed by atoms with E-state index in [-0.39, 0.29) is 6.04 Å². The van der Waals surface area contributed by atoms with Crippen molar-refractivity contribution in [1.82, 2.24) is 4.31 Å². The molecule has 1 fully saturated rings. The predicted molar refractivity (Wildman–Crippen MR) is 68.6 cm³/mol. The molecule has 0 radical (unpaired) electrons. The molecule has 0 aromatic heterocycles. The molecule has 1 unspecified atom stereocenters. The van der Waals surface area contributed by atoms with Crippen molar-refractivity contribution in [2.75, 3.05) is 13.1 Å². The molecule has 2 rings (SSSR count). The standard InChI is InChI=1S/C12H16N2O2S/c13-12-6-8-14(10-12)17(15,16)9-7-11-4-2-1-3-5-11/h1-5,7,9,12H,6,8,10,13H2/b9-7+. The molecular weight excluding hydrogens is 236 g/mol. The van der Waals surface area contributed by atoms with Crippen LogP contribution in [0.3, 0.4) is 0 Å². The molecule has 2 N–H and O–H groups in total. The van der Waals surface area contributed by atoms with Crippen LogP contribution in [0.2, 0.25) is 0 Å². The van der Waals surface area contributed by atoms with Gasteiger partial charge in [0.2, 0.25) is 10.0 Å². The van der Waals surface area contributed by atoms with Crippen molar-refractivity contribution >= 4 is 16.1 Å². The molecule has 17 heavy (non-hydrogen) atoms. The highest BCUT2D eigenvalue weighted by Gasteiger charge is 2.27. The summed E-state index contributed by atoms with van der Waals surface area (Å²) in [6.07, 6.45) is 2.34. The molecule has 0 bridgehead atoms. The van der Waals surface area contributed by atoms with Crippen molar-refractivity contribution in [2.45, 2.75) is 12.5 Å². The molecule has 5 heteroatoms. The molecule has 0 amide bonds. The topological polar surface area (TPSA) is 63.4 Å². The van der Waals surface area contributed by atoms with E-state index in [1.54, 1.807) is 6.08 Å². The highest BCUT2D eigenvalue weighted by Crippen LogP contribution is 2.14. The van der Waals surface area contributed by atoms with E-state index in [1.165, 1.54) is 9.71 Å². The zero-order valence-electron chi connectivity index (χ0n) is 9.49. The second-order valence-electron chi connectivity index (χ2n) is 4.17. The van der Waals surface area contributed by atoms with Gasteiger partial charge in [-0.05, 0) is 18.1 Å². The average Bonchev–Trinajstić information content (AvgIpc) is 2.76. The molecule has 1 heterocycles. The van der Waals surface area contributed by atoms with Gasteiger partial charge in [-0.3, -0.25) is 0 Å². The highest BCUT2D eigenvalue weighted by molar-refractivity contribution is 7.92. The van der Waals surface area contributed by atoms with Crippen molar-refractivity contribution in [2.24, 2.45) is 5.73 Å². The summed E-state index contributed by atoms with van der Waals surface area (Å²) in [6, 6.07) is 9.33. The van der Waals surface area contributed by atoms with Crippen molar-refractivity contribution < 1.29 is 8.42 Å². The Morgan fingerprint density at radius 3 is 2.59 bits per heavy atom. The molecule has 1 aromatic rings. The summed E-state index contributed by atoms with van der Waals surface area (Å²) in [5.41, 5.74) is 6.57. The van der Waals surface area contributed by atoms with Crippen molar-refractivity contribution in [3.05, 3.63) is 41.3 Å². The minimum Gasteiger partial charge on any atom is -0.326 e. The van der Waals surface area contributed by atoms with Crippen molar-refractivity contribution in [3.8, 4) is 0 Å². The first-order valence-electron chi connectivity index (χ1n) is 5.57. The highest BCUT2D eigenvalue weighted by atomic mass is 32.2. The molecule has 1 aromatic carbocycles.